The molecule has 24 heavy (non-hydrogen) atoms. The fourth-order valence-electron chi connectivity index (χ4n) is 4.00. The van der Waals surface area contributed by atoms with Crippen LogP contribution in [0.15, 0.2) is 48.5 Å². The van der Waals surface area contributed by atoms with Crippen molar-refractivity contribution in [2.45, 2.75) is 38.8 Å². The highest BCUT2D eigenvalue weighted by Gasteiger charge is 2.52. The molecular formula is C21H25N2O+. The van der Waals surface area contributed by atoms with Gasteiger partial charge in [-0.05, 0) is 44.4 Å². The van der Waals surface area contributed by atoms with E-state index >= 15 is 0 Å². The van der Waals surface area contributed by atoms with Crippen LogP contribution >= 0.6 is 0 Å². The van der Waals surface area contributed by atoms with Gasteiger partial charge in [0.2, 0.25) is 0 Å². The van der Waals surface area contributed by atoms with Gasteiger partial charge in [0.15, 0.2) is 6.54 Å². The summed E-state index contributed by atoms with van der Waals surface area (Å²) in [4.78, 5) is 2.31. The van der Waals surface area contributed by atoms with E-state index in [9.17, 15) is 5.11 Å². The number of aryl methyl sites for hydroxylation is 2. The van der Waals surface area contributed by atoms with E-state index in [2.05, 4.69) is 71.9 Å². The molecule has 0 aliphatic carbocycles. The van der Waals surface area contributed by atoms with E-state index in [0.29, 0.717) is 6.54 Å². The normalized spacial score (nSPS) is 23.5. The van der Waals surface area contributed by atoms with Crippen LogP contribution in [0.1, 0.15) is 36.0 Å². The molecule has 0 amide bonds. The summed E-state index contributed by atoms with van der Waals surface area (Å²) in [6.07, 6.45) is 3.36. The van der Waals surface area contributed by atoms with Crippen LogP contribution in [0.25, 0.3) is 0 Å². The molecule has 0 radical (unpaired) electrons. The van der Waals surface area contributed by atoms with Crippen molar-refractivity contribution >= 4 is 11.5 Å². The Hall–Kier alpha value is -2.13. The monoisotopic (exact) mass is 321 g/mol. The van der Waals surface area contributed by atoms with Gasteiger partial charge in [-0.15, -0.1) is 0 Å². The van der Waals surface area contributed by atoms with Crippen molar-refractivity contribution in [1.29, 1.82) is 0 Å². The van der Waals surface area contributed by atoms with Gasteiger partial charge in [-0.25, -0.2) is 9.48 Å². The van der Waals surface area contributed by atoms with Gasteiger partial charge < -0.3 is 5.11 Å². The van der Waals surface area contributed by atoms with Crippen molar-refractivity contribution in [3.05, 3.63) is 65.2 Å². The smallest absolute Gasteiger partial charge is 0.271 e. The van der Waals surface area contributed by atoms with Crippen molar-refractivity contribution in [2.75, 3.05) is 18.0 Å². The Labute approximate surface area is 143 Å². The number of hydrogen-bond acceptors (Lipinski definition) is 2. The van der Waals surface area contributed by atoms with Crippen LogP contribution in [-0.2, 0) is 5.72 Å². The summed E-state index contributed by atoms with van der Waals surface area (Å²) in [7, 11) is 0. The second kappa shape index (κ2) is 5.75. The lowest BCUT2D eigenvalue weighted by Gasteiger charge is -2.24. The largest absolute Gasteiger partial charge is 0.346 e. The molecule has 3 heteroatoms. The zero-order chi connectivity index (χ0) is 16.7. The molecule has 124 valence electrons. The van der Waals surface area contributed by atoms with Crippen LogP contribution < -0.4 is 4.90 Å². The minimum Gasteiger partial charge on any atom is -0.346 e. The Morgan fingerprint density at radius 2 is 1.79 bits per heavy atom. The molecule has 0 spiro atoms. The van der Waals surface area contributed by atoms with Gasteiger partial charge in [-0.3, -0.25) is 0 Å². The number of β-amino-alcohol motifs (C(OH)–C–C–N with tert-alkyl or cyclic N) is 1. The molecule has 0 saturated heterocycles. The van der Waals surface area contributed by atoms with Crippen molar-refractivity contribution in [2.24, 2.45) is 0 Å². The third kappa shape index (κ3) is 2.44. The van der Waals surface area contributed by atoms with E-state index in [1.807, 2.05) is 0 Å². The highest BCUT2D eigenvalue weighted by Crippen LogP contribution is 2.35. The van der Waals surface area contributed by atoms with Crippen molar-refractivity contribution < 1.29 is 9.68 Å². The predicted molar refractivity (Wildman–Crippen MR) is 97.6 cm³/mol. The van der Waals surface area contributed by atoms with Gasteiger partial charge in [-0.2, -0.15) is 0 Å². The average molecular weight is 321 g/mol. The summed E-state index contributed by atoms with van der Waals surface area (Å²) in [5, 5.41) is 11.6. The summed E-state index contributed by atoms with van der Waals surface area (Å²) in [5.41, 5.74) is 3.70. The summed E-state index contributed by atoms with van der Waals surface area (Å²) < 4.78 is 2.23. The molecular weight excluding hydrogens is 296 g/mol. The second-order valence-corrected chi connectivity index (χ2v) is 7.13. The van der Waals surface area contributed by atoms with Gasteiger partial charge in [-0.1, -0.05) is 42.0 Å². The molecule has 0 aromatic heterocycles. The van der Waals surface area contributed by atoms with Crippen LogP contribution in [-0.4, -0.2) is 28.6 Å². The Morgan fingerprint density at radius 1 is 1.00 bits per heavy atom. The van der Waals surface area contributed by atoms with Crippen LogP contribution in [0.5, 0.6) is 0 Å². The molecule has 2 aromatic rings. The Kier molecular flexibility index (Phi) is 3.69. The summed E-state index contributed by atoms with van der Waals surface area (Å²) >= 11 is 0. The van der Waals surface area contributed by atoms with Crippen LogP contribution in [0, 0.1) is 13.8 Å². The molecule has 0 bridgehead atoms. The summed E-state index contributed by atoms with van der Waals surface area (Å²) in [6, 6.07) is 16.9. The zero-order valence-corrected chi connectivity index (χ0v) is 14.5. The zero-order valence-electron chi connectivity index (χ0n) is 14.5. The third-order valence-electron chi connectivity index (χ3n) is 5.31. The van der Waals surface area contributed by atoms with E-state index < -0.39 is 5.72 Å². The van der Waals surface area contributed by atoms with E-state index in [1.54, 1.807) is 0 Å². The molecule has 1 atom stereocenters. The lowest BCUT2D eigenvalue weighted by Crippen LogP contribution is -2.41. The van der Waals surface area contributed by atoms with E-state index in [-0.39, 0.29) is 0 Å². The summed E-state index contributed by atoms with van der Waals surface area (Å²) in [6.45, 7) is 5.71. The fraction of sp³-hybridized carbons (Fsp3) is 0.381. The molecule has 2 aliphatic rings. The molecule has 0 fully saturated rings. The molecule has 1 N–H and O–H groups in total. The Bertz CT molecular complexity index is 794. The molecule has 2 aromatic carbocycles. The van der Waals surface area contributed by atoms with Gasteiger partial charge in [0, 0.05) is 12.0 Å². The van der Waals surface area contributed by atoms with Gasteiger partial charge in [0.1, 0.15) is 5.69 Å². The topological polar surface area (TPSA) is 26.5 Å². The minimum absolute atomic E-state index is 0.592. The minimum atomic E-state index is -0.937. The lowest BCUT2D eigenvalue weighted by molar-refractivity contribution is -0.661. The Morgan fingerprint density at radius 3 is 2.54 bits per heavy atom. The van der Waals surface area contributed by atoms with E-state index in [0.717, 1.165) is 24.9 Å². The standard InChI is InChI=1S/C21H25N2O/c1-16-9-11-18(12-10-16)21(24)15-22(19-7-5-6-17(2)14-19)20-8-3-4-13-23(20)21/h5-7,9-12,14,24H,3-4,8,13,15H2,1-2H3/q+1. The fourth-order valence-corrected chi connectivity index (χ4v) is 4.00. The predicted octanol–water partition coefficient (Wildman–Crippen LogP) is 3.56. The van der Waals surface area contributed by atoms with Crippen molar-refractivity contribution in [3.8, 4) is 0 Å². The van der Waals surface area contributed by atoms with Crippen LogP contribution in [0.3, 0.4) is 0 Å². The van der Waals surface area contributed by atoms with Gasteiger partial charge in [0.25, 0.3) is 11.6 Å². The van der Waals surface area contributed by atoms with E-state index in [4.69, 9.17) is 0 Å². The maximum absolute atomic E-state index is 11.6. The molecule has 2 aliphatic heterocycles. The van der Waals surface area contributed by atoms with Crippen LogP contribution in [0.4, 0.5) is 5.69 Å². The Balaban J connectivity index is 1.80. The number of amidine groups is 1. The van der Waals surface area contributed by atoms with Crippen molar-refractivity contribution in [1.82, 2.24) is 0 Å². The first kappa shape index (κ1) is 15.4. The maximum Gasteiger partial charge on any atom is 0.271 e. The maximum atomic E-state index is 11.6. The highest BCUT2D eigenvalue weighted by molar-refractivity contribution is 5.96. The number of nitrogens with zero attached hydrogens (tertiary/aromatic N) is 2. The molecule has 3 nitrogen and oxygen atoms in total. The highest BCUT2D eigenvalue weighted by atomic mass is 16.3. The number of rotatable bonds is 2. The number of hydrogen-bond donors (Lipinski definition) is 1. The average Bonchev–Trinajstić information content (AvgIpc) is 2.90. The van der Waals surface area contributed by atoms with Gasteiger partial charge >= 0.3 is 0 Å². The van der Waals surface area contributed by atoms with Gasteiger partial charge in [0.05, 0.1) is 6.54 Å². The number of aliphatic hydroxyl groups is 1. The molecule has 4 rings (SSSR count). The first-order valence-electron chi connectivity index (χ1n) is 8.85. The molecule has 2 heterocycles. The quantitative estimate of drug-likeness (QED) is 0.856. The summed E-state index contributed by atoms with van der Waals surface area (Å²) in [5.74, 6) is 1.26. The SMILES string of the molecule is Cc1ccc(C2(O)CN(c3cccc(C)c3)C3=[N+]2CCCC3)cc1. The number of benzene rings is 2. The van der Waals surface area contributed by atoms with Crippen molar-refractivity contribution in [3.63, 3.8) is 0 Å². The lowest BCUT2D eigenvalue weighted by atomic mass is 10.0. The first-order chi connectivity index (χ1) is 11.6. The third-order valence-corrected chi connectivity index (χ3v) is 5.31. The van der Waals surface area contributed by atoms with E-state index in [1.165, 1.54) is 29.1 Å². The second-order valence-electron chi connectivity index (χ2n) is 7.13. The molecule has 0 saturated carbocycles. The first-order valence-corrected chi connectivity index (χ1v) is 8.85. The van der Waals surface area contributed by atoms with Crippen LogP contribution in [0.2, 0.25) is 0 Å². The molecule has 1 unspecified atom stereocenters. The number of anilines is 1.